The first-order valence-corrected chi connectivity index (χ1v) is 21.9. The molecule has 2 aromatic rings. The molecule has 5 aliphatic rings. The molecule has 7 rings (SSSR count). The molecule has 1 aromatic carbocycles. The van der Waals surface area contributed by atoms with Crippen molar-refractivity contribution in [2.75, 3.05) is 13.7 Å². The third kappa shape index (κ3) is 8.28. The smallest absolute Gasteiger partial charge is 0.408 e. The van der Waals surface area contributed by atoms with E-state index in [0.717, 1.165) is 4.90 Å². The maximum Gasteiger partial charge on any atom is 0.408 e. The fourth-order valence-electron chi connectivity index (χ4n) is 8.43. The predicted molar refractivity (Wildman–Crippen MR) is 207 cm³/mol. The maximum absolute atomic E-state index is 16.3. The number of halogens is 4. The molecule has 2 bridgehead atoms. The van der Waals surface area contributed by atoms with Crippen LogP contribution in [0, 0.1) is 23.2 Å². The average molecular weight is 869 g/mol. The Morgan fingerprint density at radius 3 is 2.40 bits per heavy atom. The first-order valence-electron chi connectivity index (χ1n) is 20.4. The van der Waals surface area contributed by atoms with Crippen molar-refractivity contribution in [3.05, 3.63) is 23.9 Å². The van der Waals surface area contributed by atoms with Crippen molar-refractivity contribution in [2.45, 2.75) is 139 Å². The fraction of sp³-hybridized carbons (Fsp3) is 0.700. The second-order valence-electron chi connectivity index (χ2n) is 18.2. The summed E-state index contributed by atoms with van der Waals surface area (Å²) in [6, 6.07) is 1.59. The highest BCUT2D eigenvalue weighted by molar-refractivity contribution is 7.91. The molecule has 3 saturated carbocycles. The van der Waals surface area contributed by atoms with Gasteiger partial charge in [-0.05, 0) is 75.3 Å². The molecule has 60 heavy (non-hydrogen) atoms. The molecule has 20 heteroatoms. The number of nitrogens with one attached hydrogen (secondary N) is 3. The van der Waals surface area contributed by atoms with Gasteiger partial charge in [-0.3, -0.25) is 19.1 Å². The number of carbonyl (C=O) groups is 4. The van der Waals surface area contributed by atoms with E-state index in [1.807, 2.05) is 4.72 Å². The number of amides is 4. The monoisotopic (exact) mass is 868 g/mol. The summed E-state index contributed by atoms with van der Waals surface area (Å²) in [5.74, 6) is -9.85. The summed E-state index contributed by atoms with van der Waals surface area (Å²) in [6.07, 6.45) is -4.91. The van der Waals surface area contributed by atoms with Crippen molar-refractivity contribution >= 4 is 44.9 Å². The van der Waals surface area contributed by atoms with Gasteiger partial charge in [-0.25, -0.2) is 32.0 Å². The Balaban J connectivity index is 1.30. The second kappa shape index (κ2) is 15.4. The van der Waals surface area contributed by atoms with Gasteiger partial charge in [0.25, 0.3) is 11.8 Å². The highest BCUT2D eigenvalue weighted by Gasteiger charge is 2.68. The number of nitrogens with zero attached hydrogens (tertiary/aromatic N) is 3. The lowest BCUT2D eigenvalue weighted by Gasteiger charge is -2.36. The molecular weight excluding hydrogens is 817 g/mol. The van der Waals surface area contributed by atoms with Crippen LogP contribution in [-0.4, -0.2) is 102 Å². The van der Waals surface area contributed by atoms with Gasteiger partial charge in [0.2, 0.25) is 34.1 Å². The second-order valence-corrected chi connectivity index (χ2v) is 20.4. The molecule has 8 atom stereocenters. The fourth-order valence-corrected chi connectivity index (χ4v) is 9.74. The van der Waals surface area contributed by atoms with Gasteiger partial charge in [0.1, 0.15) is 35.6 Å². The quantitative estimate of drug-likeness (QED) is 0.304. The molecule has 1 aromatic heterocycles. The summed E-state index contributed by atoms with van der Waals surface area (Å²) < 4.78 is 105. The summed E-state index contributed by atoms with van der Waals surface area (Å²) in [5, 5.41) is 5.06. The number of fused-ring (bicyclic) bond motifs is 5. The molecule has 3 aliphatic carbocycles. The Hall–Kier alpha value is -4.49. The van der Waals surface area contributed by atoms with E-state index in [2.05, 4.69) is 20.6 Å². The number of carbonyl (C=O) groups excluding carboxylic acids is 4. The van der Waals surface area contributed by atoms with E-state index >= 15 is 8.78 Å². The lowest BCUT2D eigenvalue weighted by molar-refractivity contribution is -0.144. The third-order valence-electron chi connectivity index (χ3n) is 12.8. The summed E-state index contributed by atoms with van der Waals surface area (Å²) in [5.41, 5.74) is -3.83. The van der Waals surface area contributed by atoms with Crippen LogP contribution < -0.4 is 24.8 Å². The zero-order valence-corrected chi connectivity index (χ0v) is 35.2. The van der Waals surface area contributed by atoms with Crippen LogP contribution in [0.1, 0.15) is 98.1 Å². The van der Waals surface area contributed by atoms with E-state index in [9.17, 15) is 36.4 Å². The Labute approximate surface area is 345 Å². The van der Waals surface area contributed by atoms with Crippen molar-refractivity contribution < 1.29 is 59.4 Å². The third-order valence-corrected chi connectivity index (χ3v) is 14.9. The summed E-state index contributed by atoms with van der Waals surface area (Å²) in [6.45, 7) is 7.62. The van der Waals surface area contributed by atoms with Gasteiger partial charge in [-0.1, -0.05) is 34.1 Å². The van der Waals surface area contributed by atoms with Crippen LogP contribution in [0.15, 0.2) is 18.2 Å². The molecule has 0 spiro atoms. The Morgan fingerprint density at radius 1 is 1.07 bits per heavy atom. The Morgan fingerprint density at radius 2 is 1.78 bits per heavy atom. The van der Waals surface area contributed by atoms with Crippen molar-refractivity contribution in [3.63, 3.8) is 0 Å². The number of sulfonamides is 1. The molecule has 7 unspecified atom stereocenters. The molecule has 3 heterocycles. The van der Waals surface area contributed by atoms with Crippen LogP contribution >= 0.6 is 0 Å². The van der Waals surface area contributed by atoms with Gasteiger partial charge in [0.05, 0.1) is 35.4 Å². The molecular formula is C40H52F4N6O9S. The first-order chi connectivity index (χ1) is 28.0. The number of rotatable bonds is 8. The number of alkyl halides is 4. The number of methoxy groups -OCH3 is 1. The molecule has 330 valence electrons. The topological polar surface area (TPSA) is 195 Å². The van der Waals surface area contributed by atoms with E-state index in [4.69, 9.17) is 14.2 Å². The van der Waals surface area contributed by atoms with Gasteiger partial charge in [0.15, 0.2) is 5.69 Å². The molecule has 4 fully saturated rings. The zero-order valence-electron chi connectivity index (χ0n) is 34.4. The van der Waals surface area contributed by atoms with Crippen LogP contribution in [0.2, 0.25) is 0 Å². The zero-order chi connectivity index (χ0) is 43.7. The molecule has 1 saturated heterocycles. The molecule has 15 nitrogen and oxygen atoms in total. The molecule has 4 amide bonds. The van der Waals surface area contributed by atoms with Gasteiger partial charge in [-0.15, -0.1) is 0 Å². The van der Waals surface area contributed by atoms with Gasteiger partial charge >= 0.3 is 6.09 Å². The van der Waals surface area contributed by atoms with E-state index in [1.165, 1.54) is 26.2 Å². The number of ether oxygens (including phenoxy) is 3. The van der Waals surface area contributed by atoms with Crippen LogP contribution in [0.5, 0.6) is 11.6 Å². The number of aromatic nitrogens is 2. The lowest BCUT2D eigenvalue weighted by Crippen LogP contribution is -2.61. The van der Waals surface area contributed by atoms with Gasteiger partial charge in [0, 0.05) is 18.4 Å². The minimum Gasteiger partial charge on any atom is -0.497 e. The maximum atomic E-state index is 16.3. The number of alkyl carbamates (subject to hydrolysis) is 1. The Kier molecular flexibility index (Phi) is 11.2. The van der Waals surface area contributed by atoms with E-state index < -0.39 is 129 Å². The van der Waals surface area contributed by atoms with Crippen molar-refractivity contribution in [2.24, 2.45) is 23.2 Å². The van der Waals surface area contributed by atoms with Crippen LogP contribution in [0.4, 0.5) is 22.4 Å². The summed E-state index contributed by atoms with van der Waals surface area (Å²) >= 11 is 0. The van der Waals surface area contributed by atoms with E-state index in [0.29, 0.717) is 25.0 Å². The highest BCUT2D eigenvalue weighted by atomic mass is 32.2. The summed E-state index contributed by atoms with van der Waals surface area (Å²) in [7, 11) is -2.89. The van der Waals surface area contributed by atoms with Crippen LogP contribution in [-0.2, 0) is 35.1 Å². The minimum absolute atomic E-state index is 0.0516. The number of benzene rings is 1. The first kappa shape index (κ1) is 43.6. The van der Waals surface area contributed by atoms with Gasteiger partial charge in [-0.2, -0.15) is 8.78 Å². The number of hydrogen-bond acceptors (Lipinski definition) is 11. The van der Waals surface area contributed by atoms with Crippen LogP contribution in [0.3, 0.4) is 0 Å². The molecule has 2 aliphatic heterocycles. The van der Waals surface area contributed by atoms with Crippen molar-refractivity contribution in [3.8, 4) is 11.6 Å². The standard InChI is InChI=1S/C40H52F4N6O9S/c1-7-22-27-19-50(28(22)32(51)48-39(18-23(39)31(41)42)35(53)49-60(55,56)38(5)14-15-38)34(52)30(37(2,3)4)47-36(54)59-26-16-20(26)10-8-9-13-40(43,44)29-33(58-27)46-25-17-21(57-6)11-12-24(25)45-29/h11-12,17,20,22-23,26-28,30-31H,7-10,13-16,18-19H2,1-6H3,(H,47,54)(H,48,51)(H,49,53)/t20?,22?,23?,26-,27?,28?,30?,39?/m0/s1. The predicted octanol–water partition coefficient (Wildman–Crippen LogP) is 4.96. The lowest BCUT2D eigenvalue weighted by atomic mass is 9.85. The average Bonchev–Trinajstić information content (AvgIpc) is 4.12. The Bertz CT molecular complexity index is 2170. The van der Waals surface area contributed by atoms with Crippen molar-refractivity contribution in [1.29, 1.82) is 0 Å². The van der Waals surface area contributed by atoms with Gasteiger partial charge < -0.3 is 29.7 Å². The van der Waals surface area contributed by atoms with Crippen molar-refractivity contribution in [1.82, 2.24) is 30.2 Å². The largest absolute Gasteiger partial charge is 0.497 e. The molecule has 3 N–H and O–H groups in total. The van der Waals surface area contributed by atoms with Crippen LogP contribution in [0.25, 0.3) is 11.0 Å². The van der Waals surface area contributed by atoms with E-state index in [-0.39, 0.29) is 42.6 Å². The summed E-state index contributed by atoms with van der Waals surface area (Å²) in [4.78, 5) is 66.3. The minimum atomic E-state index is -4.31. The normalized spacial score (nSPS) is 31.3. The highest BCUT2D eigenvalue weighted by Crippen LogP contribution is 2.50. The van der Waals surface area contributed by atoms with E-state index in [1.54, 1.807) is 33.8 Å². The number of hydrogen-bond donors (Lipinski definition) is 3. The molecule has 0 radical (unpaired) electrons. The SMILES string of the molecule is CCC1C2CN(C(=O)C(C(C)(C)C)NC(=O)O[C@H]3CC3CCCCC(F)(F)c3nc4ccc(OC)cc4nc3O2)C1C(=O)NC1(C(=O)NS(=O)(=O)C2(C)CC2)CC1C(F)F.